The number of esters is 2. The van der Waals surface area contributed by atoms with Gasteiger partial charge >= 0.3 is 17.7 Å². The Balaban J connectivity index is 1.54. The SMILES string of the molecule is CC(=O)O[C@H]1CC[C@H]2O[C@H]3C[C@@H]1[C@@]2(O)C1(Oc2cccc4cccc(c24)O1)[C@@H]3OC(C)=O. The Labute approximate surface area is 184 Å². The molecule has 8 nitrogen and oxygen atoms in total. The van der Waals surface area contributed by atoms with Crippen LogP contribution in [0.2, 0.25) is 0 Å². The molecule has 7 rings (SSSR count). The molecule has 168 valence electrons. The third kappa shape index (κ3) is 2.45. The van der Waals surface area contributed by atoms with E-state index in [0.29, 0.717) is 30.8 Å². The molecule has 1 spiro atoms. The Hall–Kier alpha value is -2.84. The lowest BCUT2D eigenvalue weighted by atomic mass is 9.57. The van der Waals surface area contributed by atoms with Gasteiger partial charge in [-0.1, -0.05) is 24.3 Å². The minimum Gasteiger partial charge on any atom is -0.462 e. The summed E-state index contributed by atoms with van der Waals surface area (Å²) < 4.78 is 30.5. The molecule has 0 unspecified atom stereocenters. The molecule has 2 saturated carbocycles. The first-order chi connectivity index (χ1) is 15.3. The molecule has 0 amide bonds. The summed E-state index contributed by atoms with van der Waals surface area (Å²) in [7, 11) is 0. The van der Waals surface area contributed by atoms with Crippen molar-refractivity contribution in [2.75, 3.05) is 0 Å². The maximum Gasteiger partial charge on any atom is 0.323 e. The topological polar surface area (TPSA) is 101 Å². The number of ether oxygens (including phenoxy) is 5. The second-order valence-electron chi connectivity index (χ2n) is 9.07. The van der Waals surface area contributed by atoms with E-state index in [1.165, 1.54) is 13.8 Å². The standard InChI is InChI=1S/C24H24O8/c1-12(25)28-16-9-10-20-23(27)15(16)11-19(30-20)22(29-13(2)26)24(23)31-17-7-3-5-14-6-4-8-18(32-24)21(14)17/h3-8,15-16,19-20,22,27H,9-11H2,1-2H3/t15-,16-,19-,20+,22+,23-/m0/s1. The fourth-order valence-electron chi connectivity index (χ4n) is 6.19. The zero-order valence-corrected chi connectivity index (χ0v) is 17.8. The number of benzene rings is 2. The van der Waals surface area contributed by atoms with E-state index in [2.05, 4.69) is 0 Å². The lowest BCUT2D eigenvalue weighted by molar-refractivity contribution is -0.423. The van der Waals surface area contributed by atoms with Crippen LogP contribution in [0.4, 0.5) is 0 Å². The van der Waals surface area contributed by atoms with Crippen molar-refractivity contribution in [1.29, 1.82) is 0 Å². The second kappa shape index (κ2) is 6.59. The van der Waals surface area contributed by atoms with Gasteiger partial charge in [0.15, 0.2) is 5.60 Å². The average molecular weight is 440 g/mol. The van der Waals surface area contributed by atoms with Gasteiger partial charge in [0.25, 0.3) is 0 Å². The molecule has 0 radical (unpaired) electrons. The zero-order valence-electron chi connectivity index (χ0n) is 17.8. The van der Waals surface area contributed by atoms with Gasteiger partial charge < -0.3 is 28.8 Å². The molecule has 8 heteroatoms. The number of hydrogen-bond acceptors (Lipinski definition) is 8. The first kappa shape index (κ1) is 19.8. The van der Waals surface area contributed by atoms with Crippen LogP contribution in [-0.4, -0.2) is 52.8 Å². The lowest BCUT2D eigenvalue weighted by Gasteiger charge is -2.66. The molecule has 0 aromatic heterocycles. The quantitative estimate of drug-likeness (QED) is 0.711. The number of rotatable bonds is 2. The predicted octanol–water partition coefficient (Wildman–Crippen LogP) is 2.48. The highest BCUT2D eigenvalue weighted by molar-refractivity contribution is 5.94. The number of carbonyl (C=O) groups excluding carboxylic acids is 2. The third-order valence-corrected chi connectivity index (χ3v) is 7.28. The van der Waals surface area contributed by atoms with Gasteiger partial charge in [-0.25, -0.2) is 0 Å². The molecule has 2 saturated heterocycles. The van der Waals surface area contributed by atoms with Crippen LogP contribution in [0.5, 0.6) is 11.5 Å². The van der Waals surface area contributed by atoms with Gasteiger partial charge in [0.2, 0.25) is 6.10 Å². The van der Waals surface area contributed by atoms with Crippen LogP contribution >= 0.6 is 0 Å². The normalized spacial score (nSPS) is 35.7. The van der Waals surface area contributed by atoms with Crippen LogP contribution in [0.25, 0.3) is 10.8 Å². The number of aliphatic hydroxyl groups is 1. The minimum absolute atomic E-state index is 0.350. The van der Waals surface area contributed by atoms with Crippen LogP contribution in [0.15, 0.2) is 36.4 Å². The molecule has 3 aliphatic heterocycles. The van der Waals surface area contributed by atoms with Crippen molar-refractivity contribution < 1.29 is 38.4 Å². The molecule has 3 heterocycles. The highest BCUT2D eigenvalue weighted by Gasteiger charge is 2.80. The van der Waals surface area contributed by atoms with E-state index < -0.39 is 53.7 Å². The van der Waals surface area contributed by atoms with E-state index >= 15 is 0 Å². The van der Waals surface area contributed by atoms with Gasteiger partial charge in [-0.2, -0.15) is 0 Å². The molecule has 2 aromatic carbocycles. The van der Waals surface area contributed by atoms with Crippen LogP contribution < -0.4 is 9.47 Å². The largest absolute Gasteiger partial charge is 0.462 e. The van der Waals surface area contributed by atoms with E-state index in [0.717, 1.165) is 10.8 Å². The summed E-state index contributed by atoms with van der Waals surface area (Å²) in [6.07, 6.45) is -1.35. The van der Waals surface area contributed by atoms with Crippen LogP contribution in [0.1, 0.15) is 33.1 Å². The Bertz CT molecular complexity index is 1090. The molecule has 4 fully saturated rings. The van der Waals surface area contributed by atoms with Crippen molar-refractivity contribution in [1.82, 2.24) is 0 Å². The fraction of sp³-hybridized carbons (Fsp3) is 0.500. The van der Waals surface area contributed by atoms with E-state index in [1.54, 1.807) is 0 Å². The van der Waals surface area contributed by atoms with Gasteiger partial charge in [-0.3, -0.25) is 9.59 Å². The predicted molar refractivity (Wildman–Crippen MR) is 110 cm³/mol. The first-order valence-electron chi connectivity index (χ1n) is 11.0. The molecule has 1 N–H and O–H groups in total. The Morgan fingerprint density at radius 2 is 1.66 bits per heavy atom. The van der Waals surface area contributed by atoms with Gasteiger partial charge in [0, 0.05) is 19.8 Å². The third-order valence-electron chi connectivity index (χ3n) is 7.28. The van der Waals surface area contributed by atoms with Gasteiger partial charge in [-0.15, -0.1) is 0 Å². The molecule has 6 atom stereocenters. The van der Waals surface area contributed by atoms with E-state index in [1.807, 2.05) is 36.4 Å². The van der Waals surface area contributed by atoms with Gasteiger partial charge in [0.1, 0.15) is 23.7 Å². The molecule has 32 heavy (non-hydrogen) atoms. The Morgan fingerprint density at radius 1 is 1.00 bits per heavy atom. The number of carbonyl (C=O) groups is 2. The summed E-state index contributed by atoms with van der Waals surface area (Å²) >= 11 is 0. The maximum atomic E-state index is 12.4. The van der Waals surface area contributed by atoms with Crippen LogP contribution in [0, 0.1) is 5.92 Å². The maximum absolute atomic E-state index is 12.4. The second-order valence-corrected chi connectivity index (χ2v) is 9.07. The average Bonchev–Trinajstić information content (AvgIpc) is 2.73. The first-order valence-corrected chi connectivity index (χ1v) is 11.0. The number of hydrogen-bond donors (Lipinski definition) is 1. The van der Waals surface area contributed by atoms with E-state index in [4.69, 9.17) is 23.7 Å². The van der Waals surface area contributed by atoms with Crippen molar-refractivity contribution in [2.45, 2.75) is 68.9 Å². The smallest absolute Gasteiger partial charge is 0.323 e. The summed E-state index contributed by atoms with van der Waals surface area (Å²) in [4.78, 5) is 23.9. The minimum atomic E-state index is -1.74. The zero-order chi connectivity index (χ0) is 22.3. The Kier molecular flexibility index (Phi) is 4.08. The highest BCUT2D eigenvalue weighted by atomic mass is 16.8. The fourth-order valence-corrected chi connectivity index (χ4v) is 6.19. The molecular formula is C24H24O8. The lowest BCUT2D eigenvalue weighted by Crippen LogP contribution is -2.87. The van der Waals surface area contributed by atoms with Crippen molar-refractivity contribution >= 4 is 22.7 Å². The van der Waals surface area contributed by atoms with E-state index in [9.17, 15) is 14.7 Å². The molecule has 5 aliphatic rings. The van der Waals surface area contributed by atoms with E-state index in [-0.39, 0.29) is 0 Å². The summed E-state index contributed by atoms with van der Waals surface area (Å²) in [5.74, 6) is -2.11. The van der Waals surface area contributed by atoms with Crippen LogP contribution in [-0.2, 0) is 23.8 Å². The van der Waals surface area contributed by atoms with Crippen molar-refractivity contribution in [3.05, 3.63) is 36.4 Å². The highest BCUT2D eigenvalue weighted by Crippen LogP contribution is 2.60. The summed E-state index contributed by atoms with van der Waals surface area (Å²) in [6.45, 7) is 2.66. The summed E-state index contributed by atoms with van der Waals surface area (Å²) in [6, 6.07) is 11.3. The van der Waals surface area contributed by atoms with Gasteiger partial charge in [0.05, 0.1) is 11.5 Å². The molecule has 2 aromatic rings. The summed E-state index contributed by atoms with van der Waals surface area (Å²) in [5.41, 5.74) is -1.71. The van der Waals surface area contributed by atoms with Crippen molar-refractivity contribution in [3.63, 3.8) is 0 Å². The monoisotopic (exact) mass is 440 g/mol. The molecular weight excluding hydrogens is 416 g/mol. The van der Waals surface area contributed by atoms with Crippen LogP contribution in [0.3, 0.4) is 0 Å². The van der Waals surface area contributed by atoms with Crippen molar-refractivity contribution in [3.8, 4) is 11.5 Å². The molecule has 4 bridgehead atoms. The van der Waals surface area contributed by atoms with Gasteiger partial charge in [-0.05, 0) is 36.8 Å². The Morgan fingerprint density at radius 3 is 2.28 bits per heavy atom. The molecule has 2 aliphatic carbocycles. The summed E-state index contributed by atoms with van der Waals surface area (Å²) in [5, 5.41) is 14.1. The van der Waals surface area contributed by atoms with Crippen molar-refractivity contribution in [2.24, 2.45) is 5.92 Å².